The number of alkyl halides is 3. The molecular formula is C11H14F3NO2. The second kappa shape index (κ2) is 5.88. The van der Waals surface area contributed by atoms with Crippen molar-refractivity contribution >= 4 is 0 Å². The van der Waals surface area contributed by atoms with Crippen LogP contribution >= 0.6 is 0 Å². The smallest absolute Gasteiger partial charge is 0.406 e. The monoisotopic (exact) mass is 249 g/mol. The van der Waals surface area contributed by atoms with Crippen LogP contribution in [0.1, 0.15) is 24.4 Å². The summed E-state index contributed by atoms with van der Waals surface area (Å²) >= 11 is 0. The average Bonchev–Trinajstić information content (AvgIpc) is 2.24. The Hall–Kier alpha value is -1.27. The Morgan fingerprint density at radius 3 is 2.65 bits per heavy atom. The molecule has 0 heterocycles. The molecule has 17 heavy (non-hydrogen) atoms. The molecule has 0 radical (unpaired) electrons. The SMILES string of the molecule is N[C@@H](CCCO)c1cccc(OC(F)(F)F)c1. The molecule has 0 bridgehead atoms. The Morgan fingerprint density at radius 1 is 1.35 bits per heavy atom. The summed E-state index contributed by atoms with van der Waals surface area (Å²) in [5.74, 6) is -0.283. The van der Waals surface area contributed by atoms with Crippen molar-refractivity contribution in [2.24, 2.45) is 5.73 Å². The molecule has 0 saturated heterocycles. The minimum atomic E-state index is -4.70. The van der Waals surface area contributed by atoms with Crippen LogP contribution in [-0.2, 0) is 0 Å². The highest BCUT2D eigenvalue weighted by atomic mass is 19.4. The van der Waals surface area contributed by atoms with Crippen LogP contribution < -0.4 is 10.5 Å². The Kier molecular flexibility index (Phi) is 4.77. The minimum Gasteiger partial charge on any atom is -0.406 e. The maximum absolute atomic E-state index is 12.0. The van der Waals surface area contributed by atoms with Gasteiger partial charge in [0.25, 0.3) is 0 Å². The number of nitrogens with two attached hydrogens (primary N) is 1. The maximum atomic E-state index is 12.0. The van der Waals surface area contributed by atoms with E-state index in [0.29, 0.717) is 18.4 Å². The van der Waals surface area contributed by atoms with E-state index >= 15 is 0 Å². The van der Waals surface area contributed by atoms with E-state index in [9.17, 15) is 13.2 Å². The number of ether oxygens (including phenoxy) is 1. The van der Waals surface area contributed by atoms with E-state index < -0.39 is 12.4 Å². The van der Waals surface area contributed by atoms with Gasteiger partial charge in [0, 0.05) is 12.6 Å². The Labute approximate surface area is 97.0 Å². The van der Waals surface area contributed by atoms with Gasteiger partial charge in [0.2, 0.25) is 0 Å². The van der Waals surface area contributed by atoms with Gasteiger partial charge in [-0.2, -0.15) is 0 Å². The standard InChI is InChI=1S/C11H14F3NO2/c12-11(13,14)17-9-4-1-3-8(7-9)10(15)5-2-6-16/h1,3-4,7,10,16H,2,5-6,15H2/t10-/m0/s1. The predicted molar refractivity (Wildman–Crippen MR) is 56.4 cm³/mol. The largest absolute Gasteiger partial charge is 0.573 e. The molecule has 0 aliphatic carbocycles. The van der Waals surface area contributed by atoms with Crippen molar-refractivity contribution in [1.29, 1.82) is 0 Å². The molecule has 96 valence electrons. The number of benzene rings is 1. The fourth-order valence-electron chi connectivity index (χ4n) is 1.42. The van der Waals surface area contributed by atoms with Gasteiger partial charge in [-0.05, 0) is 30.5 Å². The van der Waals surface area contributed by atoms with E-state index in [0.717, 1.165) is 0 Å². The summed E-state index contributed by atoms with van der Waals surface area (Å²) in [7, 11) is 0. The molecule has 0 aliphatic heterocycles. The molecular weight excluding hydrogens is 235 g/mol. The van der Waals surface area contributed by atoms with E-state index in [-0.39, 0.29) is 12.4 Å². The zero-order valence-electron chi connectivity index (χ0n) is 9.07. The van der Waals surface area contributed by atoms with E-state index in [2.05, 4.69) is 4.74 Å². The average molecular weight is 249 g/mol. The summed E-state index contributed by atoms with van der Waals surface area (Å²) in [6, 6.07) is 5.16. The van der Waals surface area contributed by atoms with Gasteiger partial charge in [0.15, 0.2) is 0 Å². The number of halogens is 3. The van der Waals surface area contributed by atoms with Crippen molar-refractivity contribution in [2.45, 2.75) is 25.2 Å². The van der Waals surface area contributed by atoms with Crippen molar-refractivity contribution in [3.05, 3.63) is 29.8 Å². The Balaban J connectivity index is 2.71. The van der Waals surface area contributed by atoms with Crippen LogP contribution in [0.15, 0.2) is 24.3 Å². The van der Waals surface area contributed by atoms with Crippen molar-refractivity contribution in [3.63, 3.8) is 0 Å². The van der Waals surface area contributed by atoms with Gasteiger partial charge < -0.3 is 15.6 Å². The maximum Gasteiger partial charge on any atom is 0.573 e. The zero-order valence-corrected chi connectivity index (χ0v) is 9.07. The van der Waals surface area contributed by atoms with Gasteiger partial charge in [0.1, 0.15) is 5.75 Å². The minimum absolute atomic E-state index is 0.00639. The van der Waals surface area contributed by atoms with Crippen LogP contribution in [0.25, 0.3) is 0 Å². The Morgan fingerprint density at radius 2 is 2.06 bits per heavy atom. The summed E-state index contributed by atoms with van der Waals surface area (Å²) in [4.78, 5) is 0. The van der Waals surface area contributed by atoms with E-state index in [1.165, 1.54) is 18.2 Å². The highest BCUT2D eigenvalue weighted by molar-refractivity contribution is 5.30. The van der Waals surface area contributed by atoms with Crippen LogP contribution in [0.2, 0.25) is 0 Å². The van der Waals surface area contributed by atoms with Gasteiger partial charge >= 0.3 is 6.36 Å². The van der Waals surface area contributed by atoms with Crippen LogP contribution in [0.5, 0.6) is 5.75 Å². The highest BCUT2D eigenvalue weighted by Crippen LogP contribution is 2.26. The summed E-state index contributed by atoms with van der Waals surface area (Å²) < 4.78 is 39.8. The van der Waals surface area contributed by atoms with E-state index in [1.54, 1.807) is 6.07 Å². The molecule has 1 rings (SSSR count). The first-order valence-electron chi connectivity index (χ1n) is 5.14. The molecule has 0 amide bonds. The molecule has 3 nitrogen and oxygen atoms in total. The van der Waals surface area contributed by atoms with Gasteiger partial charge in [-0.25, -0.2) is 0 Å². The molecule has 6 heteroatoms. The molecule has 1 aromatic carbocycles. The fraction of sp³-hybridized carbons (Fsp3) is 0.455. The zero-order chi connectivity index (χ0) is 12.9. The topological polar surface area (TPSA) is 55.5 Å². The molecule has 0 aliphatic rings. The first-order valence-corrected chi connectivity index (χ1v) is 5.14. The third kappa shape index (κ3) is 5.06. The molecule has 0 spiro atoms. The highest BCUT2D eigenvalue weighted by Gasteiger charge is 2.31. The summed E-state index contributed by atoms with van der Waals surface area (Å²) in [6.07, 6.45) is -3.69. The van der Waals surface area contributed by atoms with Crippen molar-refractivity contribution in [1.82, 2.24) is 0 Å². The summed E-state index contributed by atoms with van der Waals surface area (Å²) in [5.41, 5.74) is 6.32. The lowest BCUT2D eigenvalue weighted by Crippen LogP contribution is -2.17. The van der Waals surface area contributed by atoms with Crippen LogP contribution in [0, 0.1) is 0 Å². The quantitative estimate of drug-likeness (QED) is 0.842. The third-order valence-corrected chi connectivity index (χ3v) is 2.19. The van der Waals surface area contributed by atoms with Crippen LogP contribution in [0.3, 0.4) is 0 Å². The van der Waals surface area contributed by atoms with E-state index in [1.807, 2.05) is 0 Å². The van der Waals surface area contributed by atoms with Crippen molar-refractivity contribution in [3.8, 4) is 5.75 Å². The molecule has 0 saturated carbocycles. The number of hydrogen-bond donors (Lipinski definition) is 2. The lowest BCUT2D eigenvalue weighted by atomic mass is 10.0. The molecule has 0 unspecified atom stereocenters. The van der Waals surface area contributed by atoms with Gasteiger partial charge in [-0.3, -0.25) is 0 Å². The van der Waals surface area contributed by atoms with Gasteiger partial charge in [0.05, 0.1) is 0 Å². The number of aliphatic hydroxyl groups is 1. The molecule has 1 atom stereocenters. The lowest BCUT2D eigenvalue weighted by molar-refractivity contribution is -0.274. The molecule has 0 fully saturated rings. The van der Waals surface area contributed by atoms with Crippen molar-refractivity contribution in [2.75, 3.05) is 6.61 Å². The van der Waals surface area contributed by atoms with Crippen LogP contribution in [-0.4, -0.2) is 18.1 Å². The normalized spacial score (nSPS) is 13.5. The van der Waals surface area contributed by atoms with E-state index in [4.69, 9.17) is 10.8 Å². The molecule has 3 N–H and O–H groups in total. The van der Waals surface area contributed by atoms with Gasteiger partial charge in [-0.15, -0.1) is 13.2 Å². The molecule has 0 aromatic heterocycles. The Bertz CT molecular complexity index is 355. The predicted octanol–water partition coefficient (Wildman–Crippen LogP) is 2.36. The molecule has 1 aromatic rings. The van der Waals surface area contributed by atoms with Gasteiger partial charge in [-0.1, -0.05) is 12.1 Å². The van der Waals surface area contributed by atoms with Crippen LogP contribution in [0.4, 0.5) is 13.2 Å². The number of rotatable bonds is 5. The first-order chi connectivity index (χ1) is 7.92. The second-order valence-electron chi connectivity index (χ2n) is 3.59. The fourth-order valence-corrected chi connectivity index (χ4v) is 1.42. The second-order valence-corrected chi connectivity index (χ2v) is 3.59. The third-order valence-electron chi connectivity index (χ3n) is 2.19. The first kappa shape index (κ1) is 13.8. The number of hydrogen-bond acceptors (Lipinski definition) is 3. The number of aliphatic hydroxyl groups excluding tert-OH is 1. The summed E-state index contributed by atoms with van der Waals surface area (Å²) in [6.45, 7) is 0.00639. The summed E-state index contributed by atoms with van der Waals surface area (Å²) in [5, 5.41) is 8.64. The van der Waals surface area contributed by atoms with Crippen molar-refractivity contribution < 1.29 is 23.0 Å². The lowest BCUT2D eigenvalue weighted by Gasteiger charge is -2.14.